The Kier molecular flexibility index (Phi) is 6.40. The van der Waals surface area contributed by atoms with Gasteiger partial charge in [0.1, 0.15) is 5.82 Å². The maximum atomic E-state index is 12.7. The summed E-state index contributed by atoms with van der Waals surface area (Å²) < 4.78 is 10.1. The average Bonchev–Trinajstić information content (AvgIpc) is 3.27. The molecule has 1 unspecified atom stereocenters. The molecule has 34 heavy (non-hydrogen) atoms. The molecule has 1 atom stereocenters. The molecule has 8 nitrogen and oxygen atoms in total. The van der Waals surface area contributed by atoms with Crippen molar-refractivity contribution in [2.24, 2.45) is 0 Å². The van der Waals surface area contributed by atoms with E-state index in [2.05, 4.69) is 15.3 Å². The lowest BCUT2D eigenvalue weighted by Crippen LogP contribution is -2.30. The number of carbonyl (C=O) groups excluding carboxylic acids is 3. The lowest BCUT2D eigenvalue weighted by atomic mass is 10.1. The van der Waals surface area contributed by atoms with Crippen molar-refractivity contribution < 1.29 is 23.9 Å². The second kappa shape index (κ2) is 9.58. The van der Waals surface area contributed by atoms with Crippen LogP contribution in [0.4, 0.5) is 5.69 Å². The summed E-state index contributed by atoms with van der Waals surface area (Å²) in [5, 5.41) is 2.60. The first-order valence-corrected chi connectivity index (χ1v) is 10.6. The molecule has 0 radical (unpaired) electrons. The van der Waals surface area contributed by atoms with Crippen LogP contribution in [0.5, 0.6) is 0 Å². The van der Waals surface area contributed by atoms with Gasteiger partial charge in [0.2, 0.25) is 0 Å². The van der Waals surface area contributed by atoms with Crippen LogP contribution in [0, 0.1) is 6.92 Å². The van der Waals surface area contributed by atoms with E-state index in [1.165, 1.54) is 20.1 Å². The molecule has 1 amide bonds. The summed E-state index contributed by atoms with van der Waals surface area (Å²) in [5.74, 6) is -1.12. The molecule has 4 rings (SSSR count). The third kappa shape index (κ3) is 4.80. The number of hydrogen-bond acceptors (Lipinski definition) is 6. The van der Waals surface area contributed by atoms with Crippen molar-refractivity contribution in [2.45, 2.75) is 20.0 Å². The highest BCUT2D eigenvalue weighted by atomic mass is 16.5. The number of rotatable bonds is 6. The average molecular weight is 457 g/mol. The van der Waals surface area contributed by atoms with Crippen LogP contribution in [0.2, 0.25) is 0 Å². The Morgan fingerprint density at radius 3 is 2.44 bits per heavy atom. The standard InChI is InChI=1S/C26H23N3O5/c1-15-8-10-17(11-9-15)23-27-21-13-12-18(14-22(21)28-23)25(31)34-16(2)24(30)29-20-7-5-4-6-19(20)26(32)33-3/h4-14,16H,1-3H3,(H,27,28)(H,29,30). The number of benzene rings is 3. The number of nitrogens with one attached hydrogen (secondary N) is 2. The maximum Gasteiger partial charge on any atom is 0.339 e. The zero-order chi connectivity index (χ0) is 24.2. The largest absolute Gasteiger partial charge is 0.465 e. The number of imidazole rings is 1. The molecule has 0 fully saturated rings. The van der Waals surface area contributed by atoms with Crippen LogP contribution < -0.4 is 5.32 Å². The first kappa shape index (κ1) is 22.7. The molecule has 4 aromatic rings. The van der Waals surface area contributed by atoms with E-state index in [1.54, 1.807) is 36.4 Å². The number of anilines is 1. The number of fused-ring (bicyclic) bond motifs is 1. The Morgan fingerprint density at radius 1 is 0.971 bits per heavy atom. The van der Waals surface area contributed by atoms with E-state index in [0.717, 1.165) is 11.1 Å². The molecule has 0 saturated heterocycles. The maximum absolute atomic E-state index is 12.7. The smallest absolute Gasteiger partial charge is 0.339 e. The summed E-state index contributed by atoms with van der Waals surface area (Å²) in [6.45, 7) is 3.47. The first-order chi connectivity index (χ1) is 16.4. The van der Waals surface area contributed by atoms with Gasteiger partial charge in [-0.15, -0.1) is 0 Å². The van der Waals surface area contributed by atoms with Crippen molar-refractivity contribution in [2.75, 3.05) is 12.4 Å². The van der Waals surface area contributed by atoms with Gasteiger partial charge < -0.3 is 19.8 Å². The number of hydrogen-bond donors (Lipinski definition) is 2. The molecule has 1 heterocycles. The molecular weight excluding hydrogens is 434 g/mol. The number of nitrogens with zero attached hydrogens (tertiary/aromatic N) is 1. The summed E-state index contributed by atoms with van der Waals surface area (Å²) in [4.78, 5) is 44.9. The fourth-order valence-electron chi connectivity index (χ4n) is 3.38. The van der Waals surface area contributed by atoms with E-state index in [1.807, 2.05) is 31.2 Å². The normalized spacial score (nSPS) is 11.6. The van der Waals surface area contributed by atoms with Gasteiger partial charge in [0.15, 0.2) is 6.10 Å². The summed E-state index contributed by atoms with van der Waals surface area (Å²) in [7, 11) is 1.26. The Bertz CT molecular complexity index is 1370. The van der Waals surface area contributed by atoms with E-state index in [4.69, 9.17) is 9.47 Å². The quantitative estimate of drug-likeness (QED) is 0.412. The minimum absolute atomic E-state index is 0.200. The molecule has 3 aromatic carbocycles. The fraction of sp³-hybridized carbons (Fsp3) is 0.154. The van der Waals surface area contributed by atoms with Crippen LogP contribution >= 0.6 is 0 Å². The molecular formula is C26H23N3O5. The van der Waals surface area contributed by atoms with Crippen LogP contribution in [-0.4, -0.2) is 41.0 Å². The monoisotopic (exact) mass is 457 g/mol. The van der Waals surface area contributed by atoms with Crippen molar-refractivity contribution in [3.63, 3.8) is 0 Å². The number of carbonyl (C=O) groups is 3. The highest BCUT2D eigenvalue weighted by Gasteiger charge is 2.22. The van der Waals surface area contributed by atoms with Gasteiger partial charge in [-0.3, -0.25) is 4.79 Å². The number of aryl methyl sites for hydroxylation is 1. The van der Waals surface area contributed by atoms with E-state index in [0.29, 0.717) is 16.9 Å². The van der Waals surface area contributed by atoms with Crippen LogP contribution in [0.3, 0.4) is 0 Å². The van der Waals surface area contributed by atoms with Crippen LogP contribution in [-0.2, 0) is 14.3 Å². The first-order valence-electron chi connectivity index (χ1n) is 10.6. The summed E-state index contributed by atoms with van der Waals surface area (Å²) >= 11 is 0. The van der Waals surface area contributed by atoms with Gasteiger partial charge in [-0.1, -0.05) is 42.0 Å². The highest BCUT2D eigenvalue weighted by molar-refractivity contribution is 6.03. The van der Waals surface area contributed by atoms with Crippen molar-refractivity contribution in [1.82, 2.24) is 9.97 Å². The Labute approximate surface area is 195 Å². The Morgan fingerprint density at radius 2 is 1.71 bits per heavy atom. The van der Waals surface area contributed by atoms with Crippen molar-refractivity contribution in [3.8, 4) is 11.4 Å². The predicted octanol–water partition coefficient (Wildman–Crippen LogP) is 4.51. The van der Waals surface area contributed by atoms with E-state index >= 15 is 0 Å². The van der Waals surface area contributed by atoms with Crippen molar-refractivity contribution in [3.05, 3.63) is 83.4 Å². The fourth-order valence-corrected chi connectivity index (χ4v) is 3.38. The lowest BCUT2D eigenvalue weighted by Gasteiger charge is -2.15. The van der Waals surface area contributed by atoms with E-state index in [9.17, 15) is 14.4 Å². The molecule has 1 aromatic heterocycles. The van der Waals surface area contributed by atoms with Crippen molar-refractivity contribution >= 4 is 34.6 Å². The Balaban J connectivity index is 1.46. The molecule has 0 aliphatic rings. The van der Waals surface area contributed by atoms with Gasteiger partial charge in [-0.25, -0.2) is 14.6 Å². The SMILES string of the molecule is COC(=O)c1ccccc1NC(=O)C(C)OC(=O)c1ccc2nc(-c3ccc(C)cc3)[nH]c2c1. The molecule has 0 spiro atoms. The molecule has 172 valence electrons. The number of para-hydroxylation sites is 1. The van der Waals surface area contributed by atoms with Crippen molar-refractivity contribution in [1.29, 1.82) is 0 Å². The number of amides is 1. The third-order valence-electron chi connectivity index (χ3n) is 5.29. The minimum Gasteiger partial charge on any atom is -0.465 e. The Hall–Kier alpha value is -4.46. The molecule has 0 saturated carbocycles. The number of aromatic nitrogens is 2. The lowest BCUT2D eigenvalue weighted by molar-refractivity contribution is -0.123. The van der Waals surface area contributed by atoms with Gasteiger partial charge in [0.25, 0.3) is 5.91 Å². The molecule has 2 N–H and O–H groups in total. The van der Waals surface area contributed by atoms with Gasteiger partial charge >= 0.3 is 11.9 Å². The molecule has 8 heteroatoms. The van der Waals surface area contributed by atoms with E-state index < -0.39 is 23.9 Å². The second-order valence-electron chi connectivity index (χ2n) is 7.76. The zero-order valence-electron chi connectivity index (χ0n) is 18.9. The van der Waals surface area contributed by atoms with Gasteiger partial charge in [-0.2, -0.15) is 0 Å². The summed E-state index contributed by atoms with van der Waals surface area (Å²) in [5.41, 5.74) is 4.21. The third-order valence-corrected chi connectivity index (χ3v) is 5.29. The number of methoxy groups -OCH3 is 1. The minimum atomic E-state index is -1.10. The topological polar surface area (TPSA) is 110 Å². The predicted molar refractivity (Wildman–Crippen MR) is 128 cm³/mol. The molecule has 0 bridgehead atoms. The highest BCUT2D eigenvalue weighted by Crippen LogP contribution is 2.22. The van der Waals surface area contributed by atoms with Crippen LogP contribution in [0.25, 0.3) is 22.4 Å². The van der Waals surface area contributed by atoms with E-state index in [-0.39, 0.29) is 16.8 Å². The number of aromatic amines is 1. The molecule has 0 aliphatic heterocycles. The van der Waals surface area contributed by atoms with Crippen LogP contribution in [0.1, 0.15) is 33.2 Å². The number of ether oxygens (including phenoxy) is 2. The van der Waals surface area contributed by atoms with Gasteiger partial charge in [0, 0.05) is 5.56 Å². The van der Waals surface area contributed by atoms with Gasteiger partial charge in [0.05, 0.1) is 35.0 Å². The van der Waals surface area contributed by atoms with Gasteiger partial charge in [-0.05, 0) is 44.2 Å². The summed E-state index contributed by atoms with van der Waals surface area (Å²) in [6, 6.07) is 19.3. The second-order valence-corrected chi connectivity index (χ2v) is 7.76. The number of H-pyrrole nitrogens is 1. The van der Waals surface area contributed by atoms with Crippen LogP contribution in [0.15, 0.2) is 66.7 Å². The molecule has 0 aliphatic carbocycles. The summed E-state index contributed by atoms with van der Waals surface area (Å²) in [6.07, 6.45) is -1.10. The zero-order valence-corrected chi connectivity index (χ0v) is 18.9. The number of esters is 2.